The van der Waals surface area contributed by atoms with Crippen LogP contribution in [0, 0.1) is 17.2 Å². The quantitative estimate of drug-likeness (QED) is 0.747. The number of hydrogen-bond donors (Lipinski definition) is 0. The number of nitriles is 1. The van der Waals surface area contributed by atoms with Crippen molar-refractivity contribution >= 4 is 12.1 Å². The molecule has 0 bridgehead atoms. The number of piperidine rings is 1. The SMILES string of the molecule is CCOC(=O)C1CC(CC#N)CCN1C(=O)OC(C)(C)C. The standard InChI is InChI=1S/C15H24N2O4/c1-5-20-13(18)12-10-11(6-8-16)7-9-17(12)14(19)21-15(2,3)4/h11-12H,5-7,9-10H2,1-4H3. The van der Waals surface area contributed by atoms with Gasteiger partial charge in [0.15, 0.2) is 0 Å². The molecule has 1 aliphatic heterocycles. The normalized spacial score (nSPS) is 22.3. The summed E-state index contributed by atoms with van der Waals surface area (Å²) in [6, 6.07) is 1.46. The van der Waals surface area contributed by atoms with Crippen molar-refractivity contribution in [1.29, 1.82) is 5.26 Å². The zero-order valence-corrected chi connectivity index (χ0v) is 13.2. The number of likely N-dealkylation sites (tertiary alicyclic amines) is 1. The van der Waals surface area contributed by atoms with E-state index in [2.05, 4.69) is 6.07 Å². The van der Waals surface area contributed by atoms with E-state index in [4.69, 9.17) is 14.7 Å². The molecule has 1 saturated heterocycles. The summed E-state index contributed by atoms with van der Waals surface area (Å²) < 4.78 is 10.4. The van der Waals surface area contributed by atoms with Crippen molar-refractivity contribution in [3.63, 3.8) is 0 Å². The Balaban J connectivity index is 2.82. The van der Waals surface area contributed by atoms with Crippen LogP contribution in [0.3, 0.4) is 0 Å². The van der Waals surface area contributed by atoms with Gasteiger partial charge in [-0.1, -0.05) is 0 Å². The Kier molecular flexibility index (Phi) is 6.01. The number of rotatable bonds is 3. The second-order valence-electron chi connectivity index (χ2n) is 6.19. The predicted octanol–water partition coefficient (Wildman–Crippen LogP) is 2.48. The minimum absolute atomic E-state index is 0.114. The summed E-state index contributed by atoms with van der Waals surface area (Å²) in [6.07, 6.45) is 1.03. The molecule has 0 N–H and O–H groups in total. The summed E-state index contributed by atoms with van der Waals surface area (Å²) >= 11 is 0. The van der Waals surface area contributed by atoms with Crippen molar-refractivity contribution in [2.75, 3.05) is 13.2 Å². The molecule has 2 atom stereocenters. The summed E-state index contributed by atoms with van der Waals surface area (Å²) in [5, 5.41) is 8.80. The van der Waals surface area contributed by atoms with Gasteiger partial charge in [-0.25, -0.2) is 9.59 Å². The fourth-order valence-electron chi connectivity index (χ4n) is 2.35. The smallest absolute Gasteiger partial charge is 0.411 e. The molecule has 0 saturated carbocycles. The highest BCUT2D eigenvalue weighted by atomic mass is 16.6. The van der Waals surface area contributed by atoms with E-state index in [1.165, 1.54) is 4.90 Å². The Labute approximate surface area is 126 Å². The second kappa shape index (κ2) is 7.30. The van der Waals surface area contributed by atoms with E-state index >= 15 is 0 Å². The van der Waals surface area contributed by atoms with Crippen LogP contribution in [0.5, 0.6) is 0 Å². The van der Waals surface area contributed by atoms with Gasteiger partial charge >= 0.3 is 12.1 Å². The van der Waals surface area contributed by atoms with Crippen LogP contribution in [0.4, 0.5) is 4.79 Å². The lowest BCUT2D eigenvalue weighted by molar-refractivity contribution is -0.151. The van der Waals surface area contributed by atoms with Crippen molar-refractivity contribution in [1.82, 2.24) is 4.90 Å². The van der Waals surface area contributed by atoms with Crippen molar-refractivity contribution in [3.8, 4) is 6.07 Å². The summed E-state index contributed by atoms with van der Waals surface area (Å²) in [5.41, 5.74) is -0.611. The molecule has 0 aromatic rings. The van der Waals surface area contributed by atoms with E-state index in [0.717, 1.165) is 0 Å². The van der Waals surface area contributed by atoms with Gasteiger partial charge in [0.1, 0.15) is 11.6 Å². The first-order valence-corrected chi connectivity index (χ1v) is 7.31. The van der Waals surface area contributed by atoms with Gasteiger partial charge in [-0.3, -0.25) is 4.90 Å². The monoisotopic (exact) mass is 296 g/mol. The average molecular weight is 296 g/mol. The van der Waals surface area contributed by atoms with Gasteiger partial charge in [0.2, 0.25) is 0 Å². The molecule has 6 heteroatoms. The van der Waals surface area contributed by atoms with Crippen molar-refractivity contribution in [3.05, 3.63) is 0 Å². The first-order valence-electron chi connectivity index (χ1n) is 7.31. The van der Waals surface area contributed by atoms with E-state index in [0.29, 0.717) is 25.8 Å². The molecule has 0 radical (unpaired) electrons. The Morgan fingerprint density at radius 1 is 1.38 bits per heavy atom. The molecule has 21 heavy (non-hydrogen) atoms. The Morgan fingerprint density at radius 3 is 2.57 bits per heavy atom. The predicted molar refractivity (Wildman–Crippen MR) is 76.3 cm³/mol. The zero-order valence-electron chi connectivity index (χ0n) is 13.2. The average Bonchev–Trinajstić information content (AvgIpc) is 2.37. The topological polar surface area (TPSA) is 79.6 Å². The number of nitrogens with zero attached hydrogens (tertiary/aromatic N) is 2. The van der Waals surface area contributed by atoms with E-state index < -0.39 is 23.7 Å². The molecule has 2 unspecified atom stereocenters. The zero-order chi connectivity index (χ0) is 16.0. The highest BCUT2D eigenvalue weighted by Crippen LogP contribution is 2.27. The summed E-state index contributed by atoms with van der Waals surface area (Å²) in [5.74, 6) is -0.311. The second-order valence-corrected chi connectivity index (χ2v) is 6.19. The summed E-state index contributed by atoms with van der Waals surface area (Å²) in [4.78, 5) is 25.7. The number of ether oxygens (including phenoxy) is 2. The first-order chi connectivity index (χ1) is 9.78. The van der Waals surface area contributed by atoms with E-state index in [9.17, 15) is 9.59 Å². The van der Waals surface area contributed by atoms with Crippen LogP contribution >= 0.6 is 0 Å². The van der Waals surface area contributed by atoms with E-state index in [1.807, 2.05) is 0 Å². The molecule has 1 rings (SSSR count). The third kappa shape index (κ3) is 5.25. The lowest BCUT2D eigenvalue weighted by atomic mass is 9.89. The van der Waals surface area contributed by atoms with Gasteiger partial charge in [0, 0.05) is 13.0 Å². The summed E-state index contributed by atoms with van der Waals surface area (Å²) in [7, 11) is 0. The maximum absolute atomic E-state index is 12.2. The third-order valence-electron chi connectivity index (χ3n) is 3.28. The highest BCUT2D eigenvalue weighted by molar-refractivity contribution is 5.81. The number of hydrogen-bond acceptors (Lipinski definition) is 5. The number of amides is 1. The van der Waals surface area contributed by atoms with Crippen LogP contribution in [-0.4, -0.2) is 41.8 Å². The van der Waals surface area contributed by atoms with Crippen LogP contribution in [0.15, 0.2) is 0 Å². The first kappa shape index (κ1) is 17.3. The number of carbonyl (C=O) groups is 2. The Morgan fingerprint density at radius 2 is 2.05 bits per heavy atom. The van der Waals surface area contributed by atoms with Gasteiger partial charge in [0.05, 0.1) is 12.7 Å². The van der Waals surface area contributed by atoms with Crippen LogP contribution in [-0.2, 0) is 14.3 Å². The van der Waals surface area contributed by atoms with Crippen LogP contribution < -0.4 is 0 Å². The molecule has 0 spiro atoms. The third-order valence-corrected chi connectivity index (χ3v) is 3.28. The van der Waals surface area contributed by atoms with Gasteiger partial charge in [0.25, 0.3) is 0 Å². The lowest BCUT2D eigenvalue weighted by Crippen LogP contribution is -2.52. The molecule has 1 heterocycles. The fraction of sp³-hybridized carbons (Fsp3) is 0.800. The van der Waals surface area contributed by atoms with Gasteiger partial charge < -0.3 is 9.47 Å². The molecular formula is C15H24N2O4. The molecule has 0 aliphatic carbocycles. The number of carbonyl (C=O) groups excluding carboxylic acids is 2. The Bertz CT molecular complexity index is 422. The maximum atomic E-state index is 12.2. The Hall–Kier alpha value is -1.77. The molecule has 0 aromatic heterocycles. The molecular weight excluding hydrogens is 272 g/mol. The molecule has 1 fully saturated rings. The van der Waals surface area contributed by atoms with Gasteiger partial charge in [-0.2, -0.15) is 5.26 Å². The van der Waals surface area contributed by atoms with Crippen molar-refractivity contribution < 1.29 is 19.1 Å². The van der Waals surface area contributed by atoms with Crippen molar-refractivity contribution in [2.24, 2.45) is 5.92 Å². The molecule has 1 amide bonds. The number of esters is 1. The minimum Gasteiger partial charge on any atom is -0.464 e. The van der Waals surface area contributed by atoms with E-state index in [1.54, 1.807) is 27.7 Å². The highest BCUT2D eigenvalue weighted by Gasteiger charge is 2.38. The van der Waals surface area contributed by atoms with E-state index in [-0.39, 0.29) is 12.5 Å². The lowest BCUT2D eigenvalue weighted by Gasteiger charge is -2.38. The fourth-order valence-corrected chi connectivity index (χ4v) is 2.35. The molecule has 118 valence electrons. The largest absolute Gasteiger partial charge is 0.464 e. The van der Waals surface area contributed by atoms with Crippen LogP contribution in [0.1, 0.15) is 47.0 Å². The molecule has 1 aliphatic rings. The van der Waals surface area contributed by atoms with Crippen LogP contribution in [0.25, 0.3) is 0 Å². The maximum Gasteiger partial charge on any atom is 0.411 e. The molecule has 6 nitrogen and oxygen atoms in total. The molecule has 0 aromatic carbocycles. The van der Waals surface area contributed by atoms with Gasteiger partial charge in [-0.15, -0.1) is 0 Å². The van der Waals surface area contributed by atoms with Crippen LogP contribution in [0.2, 0.25) is 0 Å². The minimum atomic E-state index is -0.660. The van der Waals surface area contributed by atoms with Gasteiger partial charge in [-0.05, 0) is 46.5 Å². The summed E-state index contributed by atoms with van der Waals surface area (Å²) in [6.45, 7) is 7.75. The van der Waals surface area contributed by atoms with Crippen molar-refractivity contribution in [2.45, 2.75) is 58.6 Å².